The summed E-state index contributed by atoms with van der Waals surface area (Å²) >= 11 is 5.96. The number of Topliss-reactive ketones (excluding diaryl/α,β-unsaturated/α-hetero) is 1. The number of esters is 1. The minimum absolute atomic E-state index is 0.233. The maximum Gasteiger partial charge on any atom is 0.352 e. The van der Waals surface area contributed by atoms with Crippen molar-refractivity contribution in [1.82, 2.24) is 4.90 Å². The average molecular weight is 457 g/mol. The number of ketones is 1. The van der Waals surface area contributed by atoms with Crippen LogP contribution in [0.5, 0.6) is 0 Å². The SMILES string of the molecule is COC(=O)[C@]1(N2CCOCC2)/C(=C(/O)c2ccc(Cl)cc2)C(=O)C(=O)N1c1ccccc1. The first kappa shape index (κ1) is 22.0. The van der Waals surface area contributed by atoms with Crippen molar-refractivity contribution in [1.29, 1.82) is 0 Å². The van der Waals surface area contributed by atoms with Crippen LogP contribution in [0.3, 0.4) is 0 Å². The number of carbonyl (C=O) groups excluding carboxylic acids is 3. The van der Waals surface area contributed by atoms with Crippen LogP contribution < -0.4 is 4.90 Å². The van der Waals surface area contributed by atoms with Crippen LogP contribution in [0.1, 0.15) is 5.56 Å². The van der Waals surface area contributed by atoms with E-state index in [4.69, 9.17) is 21.1 Å². The number of nitrogens with zero attached hydrogens (tertiary/aromatic N) is 2. The molecule has 8 nitrogen and oxygen atoms in total. The number of morpholine rings is 1. The standard InChI is InChI=1S/C23H21ClN2O6/c1-31-22(30)23(25-11-13-32-14-12-25)18(19(27)15-7-9-16(24)10-8-15)20(28)21(29)26(23)17-5-3-2-4-6-17/h2-10,27H,11-14H2,1H3/b19-18+/t23-/m0/s1. The summed E-state index contributed by atoms with van der Waals surface area (Å²) in [5.41, 5.74) is -1.80. The van der Waals surface area contributed by atoms with E-state index >= 15 is 0 Å². The normalized spacial score (nSPS) is 23.4. The monoisotopic (exact) mass is 456 g/mol. The van der Waals surface area contributed by atoms with Crippen molar-refractivity contribution >= 4 is 40.7 Å². The molecule has 0 unspecified atom stereocenters. The van der Waals surface area contributed by atoms with Crippen LogP contribution >= 0.6 is 11.6 Å². The molecule has 166 valence electrons. The summed E-state index contributed by atoms with van der Waals surface area (Å²) in [6.45, 7) is 1.02. The van der Waals surface area contributed by atoms with Crippen LogP contribution in [-0.4, -0.2) is 66.7 Å². The Morgan fingerprint density at radius 3 is 2.28 bits per heavy atom. The average Bonchev–Trinajstić information content (AvgIpc) is 3.07. The number of aliphatic hydroxyl groups excluding tert-OH is 1. The van der Waals surface area contributed by atoms with E-state index in [0.717, 1.165) is 4.90 Å². The number of rotatable bonds is 4. The fraction of sp³-hybridized carbons (Fsp3) is 0.261. The number of hydrogen-bond acceptors (Lipinski definition) is 7. The Labute approximate surface area is 189 Å². The fourth-order valence-corrected chi connectivity index (χ4v) is 4.31. The molecule has 2 aromatic rings. The first-order chi connectivity index (χ1) is 15.4. The zero-order chi connectivity index (χ0) is 22.9. The number of methoxy groups -OCH3 is 1. The van der Waals surface area contributed by atoms with Gasteiger partial charge >= 0.3 is 11.9 Å². The smallest absolute Gasteiger partial charge is 0.352 e. The third-order valence-electron chi connectivity index (χ3n) is 5.60. The van der Waals surface area contributed by atoms with Crippen LogP contribution in [0.2, 0.25) is 5.02 Å². The van der Waals surface area contributed by atoms with Gasteiger partial charge in [-0.15, -0.1) is 0 Å². The first-order valence-electron chi connectivity index (χ1n) is 9.97. The molecule has 4 rings (SSSR count). The Hall–Kier alpha value is -3.20. The largest absolute Gasteiger partial charge is 0.507 e. The molecular weight excluding hydrogens is 436 g/mol. The summed E-state index contributed by atoms with van der Waals surface area (Å²) in [4.78, 5) is 42.9. The van der Waals surface area contributed by atoms with Gasteiger partial charge in [-0.1, -0.05) is 29.8 Å². The quantitative estimate of drug-likeness (QED) is 0.326. The third-order valence-corrected chi connectivity index (χ3v) is 5.86. The predicted molar refractivity (Wildman–Crippen MR) is 117 cm³/mol. The van der Waals surface area contributed by atoms with Gasteiger partial charge in [0.15, 0.2) is 0 Å². The van der Waals surface area contributed by atoms with Gasteiger partial charge in [0.2, 0.25) is 5.66 Å². The molecule has 1 atom stereocenters. The molecule has 1 amide bonds. The summed E-state index contributed by atoms with van der Waals surface area (Å²) in [7, 11) is 1.18. The zero-order valence-corrected chi connectivity index (χ0v) is 18.0. The Kier molecular flexibility index (Phi) is 6.01. The topological polar surface area (TPSA) is 96.4 Å². The molecule has 2 aromatic carbocycles. The maximum absolute atomic E-state index is 13.5. The summed E-state index contributed by atoms with van der Waals surface area (Å²) < 4.78 is 10.6. The van der Waals surface area contributed by atoms with Crippen LogP contribution in [0, 0.1) is 0 Å². The number of benzene rings is 2. The lowest BCUT2D eigenvalue weighted by atomic mass is 9.92. The summed E-state index contributed by atoms with van der Waals surface area (Å²) in [5.74, 6) is -3.28. The lowest BCUT2D eigenvalue weighted by molar-refractivity contribution is -0.155. The molecule has 0 bridgehead atoms. The second kappa shape index (κ2) is 8.74. The maximum atomic E-state index is 13.5. The minimum atomic E-state index is -2.00. The lowest BCUT2D eigenvalue weighted by Gasteiger charge is -2.45. The molecular formula is C23H21ClN2O6. The van der Waals surface area contributed by atoms with E-state index in [1.807, 2.05) is 0 Å². The molecule has 32 heavy (non-hydrogen) atoms. The molecule has 0 aliphatic carbocycles. The number of carbonyl (C=O) groups is 3. The highest BCUT2D eigenvalue weighted by atomic mass is 35.5. The Morgan fingerprint density at radius 1 is 1.06 bits per heavy atom. The molecule has 0 saturated carbocycles. The van der Waals surface area contributed by atoms with Crippen molar-refractivity contribution in [3.8, 4) is 0 Å². The molecule has 2 fully saturated rings. The molecule has 2 aliphatic heterocycles. The van der Waals surface area contributed by atoms with Crippen molar-refractivity contribution in [2.75, 3.05) is 38.3 Å². The highest BCUT2D eigenvalue weighted by Gasteiger charge is 2.66. The van der Waals surface area contributed by atoms with E-state index < -0.39 is 29.1 Å². The van der Waals surface area contributed by atoms with Crippen LogP contribution in [0.15, 0.2) is 60.2 Å². The number of para-hydroxylation sites is 1. The van der Waals surface area contributed by atoms with E-state index in [9.17, 15) is 19.5 Å². The molecule has 0 aromatic heterocycles. The number of ether oxygens (including phenoxy) is 2. The van der Waals surface area contributed by atoms with Gasteiger partial charge in [0.25, 0.3) is 5.78 Å². The Morgan fingerprint density at radius 2 is 1.69 bits per heavy atom. The van der Waals surface area contributed by atoms with Gasteiger partial charge in [-0.2, -0.15) is 0 Å². The van der Waals surface area contributed by atoms with Gasteiger partial charge < -0.3 is 14.6 Å². The van der Waals surface area contributed by atoms with Gasteiger partial charge in [0.1, 0.15) is 11.3 Å². The van der Waals surface area contributed by atoms with E-state index in [2.05, 4.69) is 0 Å². The van der Waals surface area contributed by atoms with E-state index in [1.165, 1.54) is 19.2 Å². The van der Waals surface area contributed by atoms with Gasteiger partial charge in [0, 0.05) is 29.4 Å². The van der Waals surface area contributed by atoms with Gasteiger partial charge in [-0.05, 0) is 36.4 Å². The van der Waals surface area contributed by atoms with Crippen LogP contribution in [0.25, 0.3) is 5.76 Å². The van der Waals surface area contributed by atoms with Crippen molar-refractivity contribution < 1.29 is 29.0 Å². The summed E-state index contributed by atoms with van der Waals surface area (Å²) in [5, 5.41) is 11.7. The van der Waals surface area contributed by atoms with Crippen molar-refractivity contribution in [3.05, 3.63) is 70.8 Å². The van der Waals surface area contributed by atoms with Crippen molar-refractivity contribution in [2.45, 2.75) is 5.66 Å². The highest BCUT2D eigenvalue weighted by Crippen LogP contribution is 2.44. The molecule has 1 N–H and O–H groups in total. The Bertz CT molecular complexity index is 1080. The van der Waals surface area contributed by atoms with E-state index in [0.29, 0.717) is 10.7 Å². The first-order valence-corrected chi connectivity index (χ1v) is 10.4. The number of halogens is 1. The van der Waals surface area contributed by atoms with Gasteiger partial charge in [-0.25, -0.2) is 4.79 Å². The molecule has 0 spiro atoms. The summed E-state index contributed by atoms with van der Waals surface area (Å²) in [6, 6.07) is 14.5. The molecule has 2 saturated heterocycles. The minimum Gasteiger partial charge on any atom is -0.507 e. The number of amides is 1. The molecule has 2 aliphatic rings. The van der Waals surface area contributed by atoms with Crippen molar-refractivity contribution in [2.24, 2.45) is 0 Å². The Balaban J connectivity index is 2.05. The molecule has 2 heterocycles. The zero-order valence-electron chi connectivity index (χ0n) is 17.3. The molecule has 9 heteroatoms. The van der Waals surface area contributed by atoms with E-state index in [-0.39, 0.29) is 37.4 Å². The number of aliphatic hydroxyl groups is 1. The van der Waals surface area contributed by atoms with Crippen LogP contribution in [0.4, 0.5) is 5.69 Å². The third kappa shape index (κ3) is 3.37. The fourth-order valence-electron chi connectivity index (χ4n) is 4.18. The van der Waals surface area contributed by atoms with Crippen LogP contribution in [-0.2, 0) is 23.9 Å². The second-order valence-corrected chi connectivity index (χ2v) is 7.74. The number of anilines is 1. The lowest BCUT2D eigenvalue weighted by Crippen LogP contribution is -2.67. The number of hydrogen-bond donors (Lipinski definition) is 1. The van der Waals surface area contributed by atoms with Gasteiger partial charge in [-0.3, -0.25) is 19.4 Å². The highest BCUT2D eigenvalue weighted by molar-refractivity contribution is 6.54. The van der Waals surface area contributed by atoms with Gasteiger partial charge in [0.05, 0.1) is 20.3 Å². The predicted octanol–water partition coefficient (Wildman–Crippen LogP) is 2.43. The summed E-state index contributed by atoms with van der Waals surface area (Å²) in [6.07, 6.45) is 0. The second-order valence-electron chi connectivity index (χ2n) is 7.30. The molecule has 0 radical (unpaired) electrons. The van der Waals surface area contributed by atoms with E-state index in [1.54, 1.807) is 47.4 Å². The van der Waals surface area contributed by atoms with Crippen molar-refractivity contribution in [3.63, 3.8) is 0 Å².